The normalized spacial score (nSPS) is 10.2. The van der Waals surface area contributed by atoms with Gasteiger partial charge in [-0.3, -0.25) is 0 Å². The Hall–Kier alpha value is -1.94. The van der Waals surface area contributed by atoms with E-state index in [0.29, 0.717) is 22.4 Å². The predicted molar refractivity (Wildman–Crippen MR) is 74.7 cm³/mol. The molecule has 0 amide bonds. The van der Waals surface area contributed by atoms with E-state index in [2.05, 4.69) is 10.3 Å². The van der Waals surface area contributed by atoms with Crippen LogP contribution in [0.5, 0.6) is 5.88 Å². The number of ether oxygens (including phenoxy) is 1. The van der Waals surface area contributed by atoms with Crippen LogP contribution in [-0.4, -0.2) is 12.1 Å². The van der Waals surface area contributed by atoms with Crippen LogP contribution in [0.4, 0.5) is 17.2 Å². The third kappa shape index (κ3) is 2.65. The van der Waals surface area contributed by atoms with Crippen molar-refractivity contribution in [2.75, 3.05) is 18.2 Å². The molecular formula is C13H14ClN3O. The number of pyridine rings is 1. The highest BCUT2D eigenvalue weighted by Crippen LogP contribution is 2.26. The molecule has 0 spiro atoms. The lowest BCUT2D eigenvalue weighted by atomic mass is 10.2. The zero-order chi connectivity index (χ0) is 13.1. The Balaban J connectivity index is 2.30. The molecule has 0 aliphatic heterocycles. The number of anilines is 3. The van der Waals surface area contributed by atoms with Gasteiger partial charge in [-0.1, -0.05) is 17.7 Å². The van der Waals surface area contributed by atoms with E-state index in [-0.39, 0.29) is 0 Å². The zero-order valence-electron chi connectivity index (χ0n) is 10.2. The molecule has 2 aromatic rings. The van der Waals surface area contributed by atoms with E-state index in [9.17, 15) is 0 Å². The van der Waals surface area contributed by atoms with Crippen LogP contribution in [0.25, 0.3) is 0 Å². The summed E-state index contributed by atoms with van der Waals surface area (Å²) in [5.74, 6) is 1.05. The molecule has 0 atom stereocenters. The summed E-state index contributed by atoms with van der Waals surface area (Å²) >= 11 is 6.06. The van der Waals surface area contributed by atoms with E-state index in [1.807, 2.05) is 25.1 Å². The first-order valence-electron chi connectivity index (χ1n) is 5.44. The molecule has 18 heavy (non-hydrogen) atoms. The van der Waals surface area contributed by atoms with Gasteiger partial charge in [-0.25, -0.2) is 0 Å². The SMILES string of the molecule is COc1ccc(N)c(Nc2ccc(C)c(Cl)c2)n1. The summed E-state index contributed by atoms with van der Waals surface area (Å²) < 4.78 is 5.06. The monoisotopic (exact) mass is 263 g/mol. The largest absolute Gasteiger partial charge is 0.481 e. The number of benzene rings is 1. The number of halogens is 1. The molecule has 1 aromatic heterocycles. The highest BCUT2D eigenvalue weighted by atomic mass is 35.5. The second-order valence-corrected chi connectivity index (χ2v) is 4.29. The minimum Gasteiger partial charge on any atom is -0.481 e. The van der Waals surface area contributed by atoms with Crippen LogP contribution in [-0.2, 0) is 0 Å². The van der Waals surface area contributed by atoms with Gasteiger partial charge in [-0.05, 0) is 30.7 Å². The van der Waals surface area contributed by atoms with E-state index < -0.39 is 0 Å². The van der Waals surface area contributed by atoms with Gasteiger partial charge >= 0.3 is 0 Å². The summed E-state index contributed by atoms with van der Waals surface area (Å²) in [6.45, 7) is 1.95. The molecule has 2 rings (SSSR count). The molecular weight excluding hydrogens is 250 g/mol. The Morgan fingerprint density at radius 2 is 2.06 bits per heavy atom. The first-order chi connectivity index (χ1) is 8.60. The van der Waals surface area contributed by atoms with Crippen molar-refractivity contribution in [2.24, 2.45) is 0 Å². The highest BCUT2D eigenvalue weighted by molar-refractivity contribution is 6.31. The quantitative estimate of drug-likeness (QED) is 0.891. The molecule has 0 bridgehead atoms. The summed E-state index contributed by atoms with van der Waals surface area (Å²) in [7, 11) is 1.56. The van der Waals surface area contributed by atoms with Crippen molar-refractivity contribution in [3.63, 3.8) is 0 Å². The number of methoxy groups -OCH3 is 1. The van der Waals surface area contributed by atoms with Crippen molar-refractivity contribution in [3.8, 4) is 5.88 Å². The van der Waals surface area contributed by atoms with Gasteiger partial charge in [-0.15, -0.1) is 0 Å². The van der Waals surface area contributed by atoms with Crippen molar-refractivity contribution < 1.29 is 4.74 Å². The van der Waals surface area contributed by atoms with Crippen LogP contribution in [0, 0.1) is 6.92 Å². The Morgan fingerprint density at radius 1 is 1.28 bits per heavy atom. The summed E-state index contributed by atoms with van der Waals surface area (Å²) in [5.41, 5.74) is 8.25. The van der Waals surface area contributed by atoms with Gasteiger partial charge in [0.25, 0.3) is 0 Å². The van der Waals surface area contributed by atoms with Crippen LogP contribution >= 0.6 is 11.6 Å². The fourth-order valence-electron chi connectivity index (χ4n) is 1.47. The number of aryl methyl sites for hydroxylation is 1. The standard InChI is InChI=1S/C13H14ClN3O/c1-8-3-4-9(7-10(8)14)16-13-11(15)5-6-12(17-13)18-2/h3-7H,15H2,1-2H3,(H,16,17). The predicted octanol–water partition coefficient (Wildman–Crippen LogP) is 3.38. The van der Waals surface area contributed by atoms with Crippen LogP contribution in [0.1, 0.15) is 5.56 Å². The van der Waals surface area contributed by atoms with Gasteiger partial charge in [0, 0.05) is 16.8 Å². The smallest absolute Gasteiger partial charge is 0.215 e. The second kappa shape index (κ2) is 5.14. The molecule has 0 aliphatic carbocycles. The average Bonchev–Trinajstić information content (AvgIpc) is 2.36. The molecule has 0 saturated heterocycles. The van der Waals surface area contributed by atoms with Crippen molar-refractivity contribution in [1.82, 2.24) is 4.98 Å². The summed E-state index contributed by atoms with van der Waals surface area (Å²) in [6.07, 6.45) is 0. The molecule has 1 aromatic carbocycles. The fraction of sp³-hybridized carbons (Fsp3) is 0.154. The molecule has 3 N–H and O–H groups in total. The topological polar surface area (TPSA) is 60.2 Å². The van der Waals surface area contributed by atoms with Crippen molar-refractivity contribution in [3.05, 3.63) is 40.9 Å². The molecule has 0 aliphatic rings. The Labute approximate surface area is 111 Å². The molecule has 4 nitrogen and oxygen atoms in total. The van der Waals surface area contributed by atoms with E-state index in [1.165, 1.54) is 0 Å². The number of rotatable bonds is 3. The maximum atomic E-state index is 6.06. The van der Waals surface area contributed by atoms with E-state index in [1.54, 1.807) is 19.2 Å². The van der Waals surface area contributed by atoms with Crippen molar-refractivity contribution in [1.29, 1.82) is 0 Å². The maximum absolute atomic E-state index is 6.06. The molecule has 0 saturated carbocycles. The summed E-state index contributed by atoms with van der Waals surface area (Å²) in [6, 6.07) is 9.13. The lowest BCUT2D eigenvalue weighted by molar-refractivity contribution is 0.398. The first-order valence-corrected chi connectivity index (χ1v) is 5.81. The van der Waals surface area contributed by atoms with E-state index >= 15 is 0 Å². The second-order valence-electron chi connectivity index (χ2n) is 3.88. The van der Waals surface area contributed by atoms with Gasteiger partial charge in [0.15, 0.2) is 5.82 Å². The third-order valence-corrected chi connectivity index (χ3v) is 2.95. The zero-order valence-corrected chi connectivity index (χ0v) is 11.0. The van der Waals surface area contributed by atoms with Crippen LogP contribution in [0.2, 0.25) is 5.02 Å². The average molecular weight is 264 g/mol. The van der Waals surface area contributed by atoms with Crippen molar-refractivity contribution >= 4 is 28.8 Å². The summed E-state index contributed by atoms with van der Waals surface area (Å²) in [4.78, 5) is 4.24. The highest BCUT2D eigenvalue weighted by Gasteiger charge is 2.05. The van der Waals surface area contributed by atoms with Gasteiger partial charge in [-0.2, -0.15) is 4.98 Å². The number of nitrogen functional groups attached to an aromatic ring is 1. The molecule has 1 heterocycles. The van der Waals surface area contributed by atoms with Gasteiger partial charge in [0.05, 0.1) is 12.8 Å². The lowest BCUT2D eigenvalue weighted by Gasteiger charge is -2.10. The number of aromatic nitrogens is 1. The lowest BCUT2D eigenvalue weighted by Crippen LogP contribution is -2.00. The minimum atomic E-state index is 0.505. The van der Waals surface area contributed by atoms with Crippen LogP contribution in [0.15, 0.2) is 30.3 Å². The maximum Gasteiger partial charge on any atom is 0.215 e. The molecule has 0 unspecified atom stereocenters. The molecule has 0 radical (unpaired) electrons. The first kappa shape index (κ1) is 12.5. The minimum absolute atomic E-state index is 0.505. The number of nitrogens with two attached hydrogens (primary N) is 1. The van der Waals surface area contributed by atoms with E-state index in [0.717, 1.165) is 11.3 Å². The fourth-order valence-corrected chi connectivity index (χ4v) is 1.65. The third-order valence-electron chi connectivity index (χ3n) is 2.54. The Kier molecular flexibility index (Phi) is 3.58. The van der Waals surface area contributed by atoms with Gasteiger partial charge in [0.1, 0.15) is 0 Å². The van der Waals surface area contributed by atoms with Crippen LogP contribution < -0.4 is 15.8 Å². The van der Waals surface area contributed by atoms with Gasteiger partial charge < -0.3 is 15.8 Å². The van der Waals surface area contributed by atoms with Crippen molar-refractivity contribution in [2.45, 2.75) is 6.92 Å². The summed E-state index contributed by atoms with van der Waals surface area (Å²) in [5, 5.41) is 3.81. The molecule has 94 valence electrons. The van der Waals surface area contributed by atoms with Crippen LogP contribution in [0.3, 0.4) is 0 Å². The van der Waals surface area contributed by atoms with Gasteiger partial charge in [0.2, 0.25) is 5.88 Å². The number of nitrogens with one attached hydrogen (secondary N) is 1. The number of nitrogens with zero attached hydrogens (tertiary/aromatic N) is 1. The van der Waals surface area contributed by atoms with E-state index in [4.69, 9.17) is 22.1 Å². The number of hydrogen-bond acceptors (Lipinski definition) is 4. The molecule has 0 fully saturated rings. The molecule has 5 heteroatoms. The number of hydrogen-bond donors (Lipinski definition) is 2. The Bertz CT molecular complexity index is 572. The Morgan fingerprint density at radius 3 is 2.72 bits per heavy atom.